The van der Waals surface area contributed by atoms with Crippen molar-refractivity contribution in [1.82, 2.24) is 10.3 Å². The van der Waals surface area contributed by atoms with E-state index in [1.54, 1.807) is 23.5 Å². The fourth-order valence-electron chi connectivity index (χ4n) is 2.36. The molecule has 0 saturated carbocycles. The van der Waals surface area contributed by atoms with Crippen LogP contribution in [0, 0.1) is 5.82 Å². The van der Waals surface area contributed by atoms with E-state index in [1.807, 2.05) is 5.38 Å². The third-order valence-corrected chi connectivity index (χ3v) is 4.92. The van der Waals surface area contributed by atoms with Crippen molar-refractivity contribution in [2.24, 2.45) is 0 Å². The maximum absolute atomic E-state index is 13.8. The minimum atomic E-state index is -0.217. The van der Waals surface area contributed by atoms with Gasteiger partial charge in [0.25, 0.3) is 0 Å². The molecule has 1 aliphatic heterocycles. The maximum atomic E-state index is 13.8. The van der Waals surface area contributed by atoms with Crippen LogP contribution in [0.4, 0.5) is 4.39 Å². The van der Waals surface area contributed by atoms with Gasteiger partial charge in [-0.3, -0.25) is 0 Å². The van der Waals surface area contributed by atoms with Gasteiger partial charge in [0.2, 0.25) is 0 Å². The third-order valence-electron chi connectivity index (χ3n) is 3.41. The van der Waals surface area contributed by atoms with Gasteiger partial charge in [-0.2, -0.15) is 0 Å². The molecule has 0 aliphatic carbocycles. The monoisotopic (exact) mass is 340 g/mol. The van der Waals surface area contributed by atoms with Crippen LogP contribution in [-0.4, -0.2) is 18.1 Å². The fraction of sp³-hybridized carbons (Fsp3) is 0.357. The van der Waals surface area contributed by atoms with Gasteiger partial charge < -0.3 is 5.32 Å². The van der Waals surface area contributed by atoms with Crippen molar-refractivity contribution in [2.75, 3.05) is 13.1 Å². The first-order valence-electron chi connectivity index (χ1n) is 6.35. The summed E-state index contributed by atoms with van der Waals surface area (Å²) in [4.78, 5) is 4.64. The Hall–Kier alpha value is -0.780. The highest BCUT2D eigenvalue weighted by Gasteiger charge is 2.19. The molecule has 0 unspecified atom stereocenters. The molecule has 19 heavy (non-hydrogen) atoms. The molecule has 100 valence electrons. The zero-order valence-corrected chi connectivity index (χ0v) is 12.7. The molecule has 0 radical (unpaired) electrons. The number of nitrogens with zero attached hydrogens (tertiary/aromatic N) is 1. The van der Waals surface area contributed by atoms with E-state index in [9.17, 15) is 4.39 Å². The minimum absolute atomic E-state index is 0.217. The molecule has 3 rings (SSSR count). The van der Waals surface area contributed by atoms with E-state index in [2.05, 4.69) is 26.2 Å². The van der Waals surface area contributed by atoms with Crippen LogP contribution in [0.15, 0.2) is 28.1 Å². The van der Waals surface area contributed by atoms with Gasteiger partial charge in [0.15, 0.2) is 0 Å². The quantitative estimate of drug-likeness (QED) is 0.886. The molecule has 0 amide bonds. The van der Waals surface area contributed by atoms with Gasteiger partial charge in [0.05, 0.1) is 10.7 Å². The van der Waals surface area contributed by atoms with Crippen molar-refractivity contribution in [1.29, 1.82) is 0 Å². The minimum Gasteiger partial charge on any atom is -0.317 e. The Kier molecular flexibility index (Phi) is 3.96. The van der Waals surface area contributed by atoms with Gasteiger partial charge >= 0.3 is 0 Å². The molecule has 0 spiro atoms. The van der Waals surface area contributed by atoms with E-state index in [1.165, 1.54) is 6.07 Å². The van der Waals surface area contributed by atoms with E-state index >= 15 is 0 Å². The van der Waals surface area contributed by atoms with Crippen LogP contribution in [0.5, 0.6) is 0 Å². The second kappa shape index (κ2) is 5.69. The van der Waals surface area contributed by atoms with Crippen LogP contribution < -0.4 is 5.32 Å². The van der Waals surface area contributed by atoms with E-state index in [0.29, 0.717) is 11.5 Å². The summed E-state index contributed by atoms with van der Waals surface area (Å²) in [5.74, 6) is 0.306. The van der Waals surface area contributed by atoms with E-state index in [4.69, 9.17) is 0 Å². The van der Waals surface area contributed by atoms with Crippen LogP contribution in [0.1, 0.15) is 23.8 Å². The van der Waals surface area contributed by atoms with Crippen LogP contribution in [0.3, 0.4) is 0 Å². The van der Waals surface area contributed by atoms with Crippen molar-refractivity contribution in [3.8, 4) is 11.3 Å². The Balaban J connectivity index is 1.89. The Labute approximate surface area is 124 Å². The molecule has 1 N–H and O–H groups in total. The predicted molar refractivity (Wildman–Crippen MR) is 80.1 cm³/mol. The number of hydrogen-bond donors (Lipinski definition) is 1. The molecule has 0 atom stereocenters. The summed E-state index contributed by atoms with van der Waals surface area (Å²) in [5, 5.41) is 6.45. The Bertz CT molecular complexity index is 579. The molecule has 1 aromatic carbocycles. The van der Waals surface area contributed by atoms with Gasteiger partial charge in [-0.1, -0.05) is 15.9 Å². The second-order valence-corrected chi connectivity index (χ2v) is 6.52. The SMILES string of the molecule is Fc1ccc(Br)cc1-c1csc(C2CCNCC2)n1. The summed E-state index contributed by atoms with van der Waals surface area (Å²) in [7, 11) is 0. The number of thiazole rings is 1. The number of benzene rings is 1. The number of nitrogens with one attached hydrogen (secondary N) is 1. The lowest BCUT2D eigenvalue weighted by atomic mass is 9.99. The molecule has 1 aromatic heterocycles. The number of rotatable bonds is 2. The summed E-state index contributed by atoms with van der Waals surface area (Å²) >= 11 is 5.02. The van der Waals surface area contributed by atoms with Crippen LogP contribution >= 0.6 is 27.3 Å². The molecule has 1 aliphatic rings. The van der Waals surface area contributed by atoms with Gasteiger partial charge in [-0.15, -0.1) is 11.3 Å². The van der Waals surface area contributed by atoms with Crippen LogP contribution in [0.2, 0.25) is 0 Å². The Morgan fingerprint density at radius 2 is 2.11 bits per heavy atom. The van der Waals surface area contributed by atoms with Gasteiger partial charge in [0, 0.05) is 21.3 Å². The summed E-state index contributed by atoms with van der Waals surface area (Å²) in [6.45, 7) is 2.09. The van der Waals surface area contributed by atoms with Gasteiger partial charge in [0.1, 0.15) is 5.82 Å². The van der Waals surface area contributed by atoms with Crippen LogP contribution in [0.25, 0.3) is 11.3 Å². The molecule has 1 saturated heterocycles. The Morgan fingerprint density at radius 3 is 2.89 bits per heavy atom. The van der Waals surface area contributed by atoms with E-state index in [-0.39, 0.29) is 5.82 Å². The molecule has 0 bridgehead atoms. The van der Waals surface area contributed by atoms with Crippen molar-refractivity contribution < 1.29 is 4.39 Å². The first-order valence-corrected chi connectivity index (χ1v) is 8.03. The number of halogens is 2. The van der Waals surface area contributed by atoms with Crippen molar-refractivity contribution >= 4 is 27.3 Å². The lowest BCUT2D eigenvalue weighted by Crippen LogP contribution is -2.26. The normalized spacial score (nSPS) is 16.7. The summed E-state index contributed by atoms with van der Waals surface area (Å²) in [6, 6.07) is 4.97. The smallest absolute Gasteiger partial charge is 0.132 e. The zero-order chi connectivity index (χ0) is 13.2. The number of hydrogen-bond acceptors (Lipinski definition) is 3. The van der Waals surface area contributed by atoms with Crippen molar-refractivity contribution in [3.63, 3.8) is 0 Å². The van der Waals surface area contributed by atoms with Crippen molar-refractivity contribution in [3.05, 3.63) is 38.9 Å². The first kappa shape index (κ1) is 13.2. The highest BCUT2D eigenvalue weighted by Crippen LogP contribution is 2.33. The highest BCUT2D eigenvalue weighted by molar-refractivity contribution is 9.10. The maximum Gasteiger partial charge on any atom is 0.132 e. The molecule has 2 aromatic rings. The van der Waals surface area contributed by atoms with E-state index in [0.717, 1.165) is 41.1 Å². The molecular formula is C14H14BrFN2S. The van der Waals surface area contributed by atoms with Gasteiger partial charge in [-0.05, 0) is 44.1 Å². The average Bonchev–Trinajstić information content (AvgIpc) is 2.92. The molecular weight excluding hydrogens is 327 g/mol. The lowest BCUT2D eigenvalue weighted by molar-refractivity contribution is 0.459. The van der Waals surface area contributed by atoms with Crippen molar-refractivity contribution in [2.45, 2.75) is 18.8 Å². The number of piperidine rings is 1. The number of aromatic nitrogens is 1. The lowest BCUT2D eigenvalue weighted by Gasteiger charge is -2.20. The first-order chi connectivity index (χ1) is 9.24. The molecule has 2 heterocycles. The Morgan fingerprint density at radius 1 is 1.32 bits per heavy atom. The largest absolute Gasteiger partial charge is 0.317 e. The second-order valence-electron chi connectivity index (χ2n) is 4.72. The van der Waals surface area contributed by atoms with Crippen LogP contribution in [-0.2, 0) is 0 Å². The zero-order valence-electron chi connectivity index (χ0n) is 10.3. The summed E-state index contributed by atoms with van der Waals surface area (Å²) < 4.78 is 14.7. The average molecular weight is 341 g/mol. The predicted octanol–water partition coefficient (Wildman–Crippen LogP) is 4.18. The molecule has 2 nitrogen and oxygen atoms in total. The molecule has 1 fully saturated rings. The fourth-order valence-corrected chi connectivity index (χ4v) is 3.71. The van der Waals surface area contributed by atoms with E-state index < -0.39 is 0 Å². The molecule has 5 heteroatoms. The summed E-state index contributed by atoms with van der Waals surface area (Å²) in [5.41, 5.74) is 1.32. The highest BCUT2D eigenvalue weighted by atomic mass is 79.9. The topological polar surface area (TPSA) is 24.9 Å². The summed E-state index contributed by atoms with van der Waals surface area (Å²) in [6.07, 6.45) is 2.24. The standard InChI is InChI=1S/C14H14BrFN2S/c15-10-1-2-12(16)11(7-10)13-8-19-14(18-13)9-3-5-17-6-4-9/h1-2,7-9,17H,3-6H2. The van der Waals surface area contributed by atoms with Gasteiger partial charge in [-0.25, -0.2) is 9.37 Å². The third kappa shape index (κ3) is 2.88.